The molecular formula is C11H18O2. The van der Waals surface area contributed by atoms with E-state index in [1.807, 2.05) is 0 Å². The monoisotopic (exact) mass is 182 g/mol. The van der Waals surface area contributed by atoms with Gasteiger partial charge in [-0.3, -0.25) is 4.79 Å². The molecule has 2 aliphatic carbocycles. The Hall–Kier alpha value is -0.530. The van der Waals surface area contributed by atoms with Crippen molar-refractivity contribution in [2.24, 2.45) is 11.3 Å². The van der Waals surface area contributed by atoms with E-state index < -0.39 is 5.97 Å². The van der Waals surface area contributed by atoms with E-state index in [2.05, 4.69) is 0 Å². The van der Waals surface area contributed by atoms with E-state index in [0.717, 1.165) is 38.5 Å². The van der Waals surface area contributed by atoms with Crippen molar-refractivity contribution < 1.29 is 9.90 Å². The Morgan fingerprint density at radius 3 is 2.54 bits per heavy atom. The van der Waals surface area contributed by atoms with Gasteiger partial charge in [0.05, 0.1) is 5.41 Å². The maximum atomic E-state index is 11.3. The average molecular weight is 182 g/mol. The lowest BCUT2D eigenvalue weighted by Gasteiger charge is -2.29. The lowest BCUT2D eigenvalue weighted by Crippen LogP contribution is -2.33. The zero-order valence-corrected chi connectivity index (χ0v) is 8.09. The summed E-state index contributed by atoms with van der Waals surface area (Å²) in [7, 11) is 0. The summed E-state index contributed by atoms with van der Waals surface area (Å²) in [4.78, 5) is 11.3. The van der Waals surface area contributed by atoms with Crippen LogP contribution in [0, 0.1) is 11.3 Å². The summed E-state index contributed by atoms with van der Waals surface area (Å²) >= 11 is 0. The van der Waals surface area contributed by atoms with Gasteiger partial charge in [-0.2, -0.15) is 0 Å². The molecule has 0 spiro atoms. The molecule has 1 N–H and O–H groups in total. The highest BCUT2D eigenvalue weighted by atomic mass is 16.4. The van der Waals surface area contributed by atoms with Crippen LogP contribution in [0.2, 0.25) is 0 Å². The molecule has 0 aromatic rings. The van der Waals surface area contributed by atoms with Gasteiger partial charge in [0.1, 0.15) is 0 Å². The maximum absolute atomic E-state index is 11.3. The molecule has 2 nitrogen and oxygen atoms in total. The fourth-order valence-corrected chi connectivity index (χ4v) is 3.29. The Labute approximate surface area is 79.3 Å². The standard InChI is InChI=1S/C11H18O2/c12-10(13)11-7-3-1-2-5-9(11)6-4-8-11/h9H,1-8H2,(H,12,13). The van der Waals surface area contributed by atoms with E-state index in [1.165, 1.54) is 12.8 Å². The molecule has 2 heteroatoms. The predicted octanol–water partition coefficient (Wildman–Crippen LogP) is 2.82. The molecule has 0 saturated heterocycles. The van der Waals surface area contributed by atoms with Crippen molar-refractivity contribution in [3.63, 3.8) is 0 Å². The van der Waals surface area contributed by atoms with Crippen molar-refractivity contribution >= 4 is 5.97 Å². The first kappa shape index (κ1) is 9.04. The lowest BCUT2D eigenvalue weighted by molar-refractivity contribution is -0.151. The molecule has 2 fully saturated rings. The number of hydrogen-bond donors (Lipinski definition) is 1. The lowest BCUT2D eigenvalue weighted by atomic mass is 9.74. The van der Waals surface area contributed by atoms with Crippen LogP contribution in [-0.4, -0.2) is 11.1 Å². The normalized spacial score (nSPS) is 39.5. The average Bonchev–Trinajstić information content (AvgIpc) is 2.40. The number of hydrogen-bond acceptors (Lipinski definition) is 1. The van der Waals surface area contributed by atoms with Gasteiger partial charge < -0.3 is 5.11 Å². The van der Waals surface area contributed by atoms with Crippen LogP contribution >= 0.6 is 0 Å². The van der Waals surface area contributed by atoms with Crippen molar-refractivity contribution in [3.05, 3.63) is 0 Å². The van der Waals surface area contributed by atoms with E-state index in [1.54, 1.807) is 0 Å². The molecule has 0 aromatic carbocycles. The van der Waals surface area contributed by atoms with Crippen molar-refractivity contribution in [2.45, 2.75) is 51.4 Å². The van der Waals surface area contributed by atoms with Gasteiger partial charge in [-0.1, -0.05) is 25.7 Å². The second kappa shape index (κ2) is 3.32. The number of carboxylic acids is 1. The Morgan fingerprint density at radius 2 is 1.77 bits per heavy atom. The molecule has 0 heterocycles. The Kier molecular flexibility index (Phi) is 2.31. The van der Waals surface area contributed by atoms with Crippen LogP contribution in [-0.2, 0) is 4.79 Å². The number of aliphatic carboxylic acids is 1. The molecule has 2 unspecified atom stereocenters. The third-order valence-electron chi connectivity index (χ3n) is 4.06. The van der Waals surface area contributed by atoms with Gasteiger partial charge in [-0.15, -0.1) is 0 Å². The number of fused-ring (bicyclic) bond motifs is 1. The third kappa shape index (κ3) is 1.36. The van der Waals surface area contributed by atoms with Gasteiger partial charge in [0.25, 0.3) is 0 Å². The Balaban J connectivity index is 2.22. The van der Waals surface area contributed by atoms with Crippen LogP contribution in [0.4, 0.5) is 0 Å². The van der Waals surface area contributed by atoms with Crippen LogP contribution < -0.4 is 0 Å². The first-order chi connectivity index (χ1) is 6.26. The quantitative estimate of drug-likeness (QED) is 0.677. The van der Waals surface area contributed by atoms with Crippen molar-refractivity contribution in [3.8, 4) is 0 Å². The summed E-state index contributed by atoms with van der Waals surface area (Å²) in [5.74, 6) is -0.0237. The molecule has 2 aliphatic rings. The van der Waals surface area contributed by atoms with E-state index in [-0.39, 0.29) is 5.41 Å². The van der Waals surface area contributed by atoms with Crippen molar-refractivity contribution in [1.29, 1.82) is 0 Å². The fourth-order valence-electron chi connectivity index (χ4n) is 3.29. The maximum Gasteiger partial charge on any atom is 0.309 e. The minimum atomic E-state index is -0.517. The highest BCUT2D eigenvalue weighted by Gasteiger charge is 2.48. The van der Waals surface area contributed by atoms with Crippen LogP contribution in [0.15, 0.2) is 0 Å². The van der Waals surface area contributed by atoms with Gasteiger partial charge in [0.15, 0.2) is 0 Å². The van der Waals surface area contributed by atoms with Gasteiger partial charge in [0.2, 0.25) is 0 Å². The van der Waals surface area contributed by atoms with Gasteiger partial charge in [0, 0.05) is 0 Å². The molecule has 0 amide bonds. The van der Waals surface area contributed by atoms with E-state index in [0.29, 0.717) is 5.92 Å². The molecule has 0 aliphatic heterocycles. The Bertz CT molecular complexity index is 212. The van der Waals surface area contributed by atoms with Crippen LogP contribution in [0.5, 0.6) is 0 Å². The van der Waals surface area contributed by atoms with Crippen molar-refractivity contribution in [2.75, 3.05) is 0 Å². The molecule has 0 bridgehead atoms. The summed E-state index contributed by atoms with van der Waals surface area (Å²) in [5.41, 5.74) is -0.309. The largest absolute Gasteiger partial charge is 0.481 e. The molecular weight excluding hydrogens is 164 g/mol. The SMILES string of the molecule is O=C(O)C12CCCCCC1CCC2. The number of carboxylic acid groups (broad SMARTS) is 1. The third-order valence-corrected chi connectivity index (χ3v) is 4.06. The molecule has 13 heavy (non-hydrogen) atoms. The summed E-state index contributed by atoms with van der Waals surface area (Å²) in [6.45, 7) is 0. The van der Waals surface area contributed by atoms with E-state index in [4.69, 9.17) is 0 Å². The summed E-state index contributed by atoms with van der Waals surface area (Å²) in [6.07, 6.45) is 8.95. The van der Waals surface area contributed by atoms with Gasteiger partial charge in [-0.25, -0.2) is 0 Å². The zero-order chi connectivity index (χ0) is 9.31. The second-order valence-electron chi connectivity index (χ2n) is 4.65. The van der Waals surface area contributed by atoms with Crippen LogP contribution in [0.1, 0.15) is 51.4 Å². The van der Waals surface area contributed by atoms with Gasteiger partial charge >= 0.3 is 5.97 Å². The first-order valence-corrected chi connectivity index (χ1v) is 5.49. The molecule has 74 valence electrons. The fraction of sp³-hybridized carbons (Fsp3) is 0.909. The smallest absolute Gasteiger partial charge is 0.309 e. The minimum Gasteiger partial charge on any atom is -0.481 e. The first-order valence-electron chi connectivity index (χ1n) is 5.49. The topological polar surface area (TPSA) is 37.3 Å². The van der Waals surface area contributed by atoms with E-state index in [9.17, 15) is 9.90 Å². The number of carbonyl (C=O) groups is 1. The summed E-state index contributed by atoms with van der Waals surface area (Å²) in [6, 6.07) is 0. The molecule has 2 rings (SSSR count). The molecule has 0 radical (unpaired) electrons. The zero-order valence-electron chi connectivity index (χ0n) is 8.09. The Morgan fingerprint density at radius 1 is 1.08 bits per heavy atom. The van der Waals surface area contributed by atoms with Crippen LogP contribution in [0.25, 0.3) is 0 Å². The van der Waals surface area contributed by atoms with E-state index >= 15 is 0 Å². The molecule has 2 atom stereocenters. The van der Waals surface area contributed by atoms with Gasteiger partial charge in [-0.05, 0) is 31.6 Å². The minimum absolute atomic E-state index is 0.309. The highest BCUT2D eigenvalue weighted by Crippen LogP contribution is 2.51. The molecule has 2 saturated carbocycles. The number of rotatable bonds is 1. The summed E-state index contributed by atoms with van der Waals surface area (Å²) < 4.78 is 0. The highest BCUT2D eigenvalue weighted by molar-refractivity contribution is 5.75. The molecule has 0 aromatic heterocycles. The van der Waals surface area contributed by atoms with Crippen LogP contribution in [0.3, 0.4) is 0 Å². The van der Waals surface area contributed by atoms with Crippen molar-refractivity contribution in [1.82, 2.24) is 0 Å². The second-order valence-corrected chi connectivity index (χ2v) is 4.65. The predicted molar refractivity (Wildman–Crippen MR) is 50.5 cm³/mol. The summed E-state index contributed by atoms with van der Waals surface area (Å²) in [5, 5.41) is 9.32.